The van der Waals surface area contributed by atoms with E-state index in [1.165, 1.54) is 12.6 Å². The monoisotopic (exact) mass is 462 g/mol. The molecule has 1 aliphatic carbocycles. The third kappa shape index (κ3) is 5.30. The van der Waals surface area contributed by atoms with E-state index in [4.69, 9.17) is 4.52 Å². The lowest BCUT2D eigenvalue weighted by Gasteiger charge is -2.32. The van der Waals surface area contributed by atoms with E-state index in [0.29, 0.717) is 29.4 Å². The van der Waals surface area contributed by atoms with Gasteiger partial charge in [-0.2, -0.15) is 0 Å². The van der Waals surface area contributed by atoms with Crippen LogP contribution in [0, 0.1) is 18.8 Å². The Bertz CT molecular complexity index is 1140. The summed E-state index contributed by atoms with van der Waals surface area (Å²) in [5.41, 5.74) is 3.51. The molecule has 3 heterocycles. The fourth-order valence-corrected chi connectivity index (χ4v) is 4.45. The van der Waals surface area contributed by atoms with E-state index in [0.717, 1.165) is 42.5 Å². The van der Waals surface area contributed by atoms with Gasteiger partial charge in [0.1, 0.15) is 30.0 Å². The van der Waals surface area contributed by atoms with Gasteiger partial charge in [0, 0.05) is 18.0 Å². The van der Waals surface area contributed by atoms with Crippen LogP contribution in [0.25, 0.3) is 11.3 Å². The molecule has 3 aromatic rings. The minimum atomic E-state index is -0.676. The maximum Gasteiger partial charge on any atom is 0.257 e. The van der Waals surface area contributed by atoms with Crippen LogP contribution in [0.1, 0.15) is 61.1 Å². The number of pyridine rings is 1. The van der Waals surface area contributed by atoms with E-state index in [-0.39, 0.29) is 17.7 Å². The molecule has 1 fully saturated rings. The molecule has 4 rings (SSSR count). The third-order valence-corrected chi connectivity index (χ3v) is 6.51. The number of carbonyl (C=O) groups is 2. The van der Waals surface area contributed by atoms with E-state index >= 15 is 0 Å². The van der Waals surface area contributed by atoms with Crippen molar-refractivity contribution in [3.8, 4) is 11.3 Å². The molecular weight excluding hydrogens is 432 g/mol. The van der Waals surface area contributed by atoms with Crippen molar-refractivity contribution >= 4 is 17.6 Å². The van der Waals surface area contributed by atoms with Crippen LogP contribution in [0.5, 0.6) is 0 Å². The van der Waals surface area contributed by atoms with Crippen LogP contribution in [-0.2, 0) is 11.2 Å². The summed E-state index contributed by atoms with van der Waals surface area (Å²) >= 11 is 0. The summed E-state index contributed by atoms with van der Waals surface area (Å²) in [6, 6.07) is 2.93. The van der Waals surface area contributed by atoms with E-state index in [1.54, 1.807) is 18.5 Å². The molecule has 34 heavy (non-hydrogen) atoms. The van der Waals surface area contributed by atoms with Crippen molar-refractivity contribution in [2.45, 2.75) is 58.9 Å². The predicted octanol–water partition coefficient (Wildman–Crippen LogP) is 3.96. The highest BCUT2D eigenvalue weighted by molar-refractivity contribution is 6.01. The number of nitrogens with zero attached hydrogens (tertiary/aromatic N) is 4. The van der Waals surface area contributed by atoms with Gasteiger partial charge in [-0.05, 0) is 55.7 Å². The molecule has 1 unspecified atom stereocenters. The lowest BCUT2D eigenvalue weighted by Crippen LogP contribution is -2.49. The Morgan fingerprint density at radius 3 is 2.62 bits per heavy atom. The lowest BCUT2D eigenvalue weighted by atomic mass is 9.79. The van der Waals surface area contributed by atoms with Crippen molar-refractivity contribution in [2.24, 2.45) is 11.8 Å². The highest BCUT2D eigenvalue weighted by Crippen LogP contribution is 2.31. The summed E-state index contributed by atoms with van der Waals surface area (Å²) in [6.45, 7) is 6.06. The second kappa shape index (κ2) is 10.5. The van der Waals surface area contributed by atoms with Gasteiger partial charge in [0.25, 0.3) is 5.91 Å². The summed E-state index contributed by atoms with van der Waals surface area (Å²) in [5, 5.41) is 9.72. The average molecular weight is 463 g/mol. The first-order chi connectivity index (χ1) is 16.5. The van der Waals surface area contributed by atoms with Crippen molar-refractivity contribution in [2.75, 3.05) is 5.32 Å². The first-order valence-electron chi connectivity index (χ1n) is 11.7. The highest BCUT2D eigenvalue weighted by Gasteiger charge is 2.33. The summed E-state index contributed by atoms with van der Waals surface area (Å²) in [5.74, 6) is 0.469. The van der Waals surface area contributed by atoms with Crippen LogP contribution < -0.4 is 10.6 Å². The number of carbonyl (C=O) groups excluding carboxylic acids is 2. The van der Waals surface area contributed by atoms with Gasteiger partial charge < -0.3 is 15.2 Å². The first-order valence-corrected chi connectivity index (χ1v) is 11.7. The van der Waals surface area contributed by atoms with Crippen molar-refractivity contribution < 1.29 is 14.1 Å². The molecule has 2 N–H and O–H groups in total. The predicted molar refractivity (Wildman–Crippen MR) is 127 cm³/mol. The molecule has 0 saturated heterocycles. The zero-order valence-corrected chi connectivity index (χ0v) is 19.7. The summed E-state index contributed by atoms with van der Waals surface area (Å²) < 4.78 is 4.98. The number of aryl methyl sites for hydroxylation is 2. The number of nitrogens with one attached hydrogen (secondary N) is 2. The van der Waals surface area contributed by atoms with Crippen LogP contribution in [0.2, 0.25) is 0 Å². The molecule has 9 nitrogen and oxygen atoms in total. The van der Waals surface area contributed by atoms with Gasteiger partial charge in [0.05, 0.1) is 11.4 Å². The maximum atomic E-state index is 13.3. The fourth-order valence-electron chi connectivity index (χ4n) is 4.45. The largest absolute Gasteiger partial charge is 0.364 e. The standard InChI is InChI=1S/C25H30N6O3/c1-4-20-19(13-34-31-20)24(32)30-23(17-7-5-15(2)6-8-17)25(33)29-21-10-9-18(12-27-21)22-16(3)11-26-14-28-22/h9-15,17,23H,4-8H2,1-3H3,(H,30,32)(H,27,29,33). The minimum Gasteiger partial charge on any atom is -0.364 e. The fraction of sp³-hybridized carbons (Fsp3) is 0.440. The maximum absolute atomic E-state index is 13.3. The Morgan fingerprint density at radius 1 is 1.15 bits per heavy atom. The van der Waals surface area contributed by atoms with Crippen LogP contribution in [0.4, 0.5) is 5.82 Å². The Morgan fingerprint density at radius 2 is 1.94 bits per heavy atom. The van der Waals surface area contributed by atoms with Crippen LogP contribution in [0.3, 0.4) is 0 Å². The Hall–Kier alpha value is -3.62. The Labute approximate surface area is 198 Å². The van der Waals surface area contributed by atoms with Crippen molar-refractivity contribution in [3.05, 3.63) is 53.9 Å². The van der Waals surface area contributed by atoms with E-state index < -0.39 is 6.04 Å². The number of rotatable bonds is 7. The zero-order valence-electron chi connectivity index (χ0n) is 19.7. The lowest BCUT2D eigenvalue weighted by molar-refractivity contribution is -0.119. The first kappa shape index (κ1) is 23.5. The van der Waals surface area contributed by atoms with Gasteiger partial charge in [-0.15, -0.1) is 0 Å². The van der Waals surface area contributed by atoms with E-state index in [2.05, 4.69) is 37.7 Å². The van der Waals surface area contributed by atoms with Crippen LogP contribution in [-0.4, -0.2) is 38.0 Å². The SMILES string of the molecule is CCc1nocc1C(=O)NC(C(=O)Nc1ccc(-c2ncncc2C)cn1)C1CCC(C)CC1. The zero-order chi connectivity index (χ0) is 24.1. The Balaban J connectivity index is 1.51. The van der Waals surface area contributed by atoms with Crippen molar-refractivity contribution in [1.82, 2.24) is 25.4 Å². The highest BCUT2D eigenvalue weighted by atomic mass is 16.5. The molecule has 1 aliphatic rings. The van der Waals surface area contributed by atoms with Gasteiger partial charge in [-0.25, -0.2) is 15.0 Å². The van der Waals surface area contributed by atoms with E-state index in [9.17, 15) is 9.59 Å². The van der Waals surface area contributed by atoms with Crippen molar-refractivity contribution in [1.29, 1.82) is 0 Å². The molecule has 2 amide bonds. The van der Waals surface area contributed by atoms with Crippen LogP contribution in [0.15, 0.2) is 41.6 Å². The van der Waals surface area contributed by atoms with E-state index in [1.807, 2.05) is 19.9 Å². The third-order valence-electron chi connectivity index (χ3n) is 6.51. The minimum absolute atomic E-state index is 0.0491. The second-order valence-corrected chi connectivity index (χ2v) is 8.98. The topological polar surface area (TPSA) is 123 Å². The average Bonchev–Trinajstić information content (AvgIpc) is 3.33. The number of anilines is 1. The Kier molecular flexibility index (Phi) is 7.30. The summed E-state index contributed by atoms with van der Waals surface area (Å²) in [6.07, 6.45) is 10.6. The van der Waals surface area contributed by atoms with Crippen molar-refractivity contribution in [3.63, 3.8) is 0 Å². The molecule has 0 aliphatic heterocycles. The molecular formula is C25H30N6O3. The molecule has 1 atom stereocenters. The quantitative estimate of drug-likeness (QED) is 0.545. The number of hydrogen-bond donors (Lipinski definition) is 2. The van der Waals surface area contributed by atoms with Gasteiger partial charge in [0.2, 0.25) is 5.91 Å². The van der Waals surface area contributed by atoms with Gasteiger partial charge >= 0.3 is 0 Å². The van der Waals surface area contributed by atoms with Crippen LogP contribution >= 0.6 is 0 Å². The number of amides is 2. The molecule has 0 radical (unpaired) electrons. The molecule has 3 aromatic heterocycles. The van der Waals surface area contributed by atoms with Gasteiger partial charge in [0.15, 0.2) is 0 Å². The normalized spacial score (nSPS) is 18.8. The molecule has 0 aromatic carbocycles. The summed E-state index contributed by atoms with van der Waals surface area (Å²) in [4.78, 5) is 39.0. The second-order valence-electron chi connectivity index (χ2n) is 8.98. The summed E-state index contributed by atoms with van der Waals surface area (Å²) in [7, 11) is 0. The molecule has 9 heteroatoms. The van der Waals surface area contributed by atoms with Gasteiger partial charge in [-0.1, -0.05) is 31.8 Å². The molecule has 178 valence electrons. The molecule has 1 saturated carbocycles. The number of aromatic nitrogens is 4. The van der Waals surface area contributed by atoms with Gasteiger partial charge in [-0.3, -0.25) is 9.59 Å². The number of hydrogen-bond acceptors (Lipinski definition) is 7. The smallest absolute Gasteiger partial charge is 0.257 e. The molecule has 0 bridgehead atoms. The molecule has 0 spiro atoms.